The molecule has 1 aromatic rings. The predicted molar refractivity (Wildman–Crippen MR) is 66.2 cm³/mol. The highest BCUT2D eigenvalue weighted by atomic mass is 35.5. The molecule has 0 heterocycles. The average Bonchev–Trinajstić information content (AvgIpc) is 2.29. The maximum atomic E-state index is 11.9. The van der Waals surface area contributed by atoms with E-state index in [1.165, 1.54) is 18.2 Å². The molecular formula is C11H11ClN2O2S. The van der Waals surface area contributed by atoms with Gasteiger partial charge in [0.25, 0.3) is 0 Å². The highest BCUT2D eigenvalue weighted by molar-refractivity contribution is 7.89. The van der Waals surface area contributed by atoms with E-state index >= 15 is 0 Å². The second-order valence-electron chi connectivity index (χ2n) is 3.23. The summed E-state index contributed by atoms with van der Waals surface area (Å²) in [5.74, 6) is 0. The van der Waals surface area contributed by atoms with Crippen LogP contribution in [0.5, 0.6) is 0 Å². The van der Waals surface area contributed by atoms with Gasteiger partial charge in [-0.1, -0.05) is 17.7 Å². The van der Waals surface area contributed by atoms with Gasteiger partial charge in [-0.2, -0.15) is 5.26 Å². The minimum Gasteiger partial charge on any atom is -0.211 e. The van der Waals surface area contributed by atoms with Gasteiger partial charge in [-0.25, -0.2) is 13.1 Å². The fraction of sp³-hybridized carbons (Fsp3) is 0.182. The van der Waals surface area contributed by atoms with Crippen LogP contribution in [0.4, 0.5) is 0 Å². The van der Waals surface area contributed by atoms with Gasteiger partial charge in [0, 0.05) is 6.54 Å². The molecule has 0 aromatic heterocycles. The average molecular weight is 271 g/mol. The molecule has 0 aliphatic heterocycles. The molecule has 0 bridgehead atoms. The number of sulfonamides is 1. The minimum absolute atomic E-state index is 0.0812. The van der Waals surface area contributed by atoms with Crippen molar-refractivity contribution in [1.82, 2.24) is 4.72 Å². The number of halogens is 1. The van der Waals surface area contributed by atoms with Crippen LogP contribution in [0, 0.1) is 11.3 Å². The number of hydrogen-bond donors (Lipinski definition) is 1. The Hall–Kier alpha value is -1.35. The summed E-state index contributed by atoms with van der Waals surface area (Å²) < 4.78 is 26.1. The van der Waals surface area contributed by atoms with Crippen LogP contribution in [-0.2, 0) is 10.0 Å². The molecule has 0 aliphatic carbocycles. The number of nitrogens with one attached hydrogen (secondary N) is 1. The lowest BCUT2D eigenvalue weighted by molar-refractivity contribution is 0.582. The van der Waals surface area contributed by atoms with Crippen LogP contribution in [0.3, 0.4) is 0 Å². The molecule has 0 fully saturated rings. The number of nitriles is 1. The first-order valence-electron chi connectivity index (χ1n) is 4.81. The van der Waals surface area contributed by atoms with Gasteiger partial charge in [0.2, 0.25) is 10.0 Å². The largest absolute Gasteiger partial charge is 0.242 e. The van der Waals surface area contributed by atoms with E-state index in [0.717, 1.165) is 0 Å². The van der Waals surface area contributed by atoms with Gasteiger partial charge in [-0.3, -0.25) is 0 Å². The fourth-order valence-electron chi connectivity index (χ4n) is 1.15. The lowest BCUT2D eigenvalue weighted by Gasteiger charge is -2.07. The maximum absolute atomic E-state index is 11.9. The van der Waals surface area contributed by atoms with E-state index in [1.807, 2.05) is 6.07 Å². The third-order valence-corrected chi connectivity index (χ3v) is 3.93. The third kappa shape index (κ3) is 3.56. The molecule has 0 amide bonds. The number of benzene rings is 1. The van der Waals surface area contributed by atoms with Crippen LogP contribution >= 0.6 is 11.6 Å². The monoisotopic (exact) mass is 270 g/mol. The lowest BCUT2D eigenvalue weighted by Crippen LogP contribution is -2.24. The third-order valence-electron chi connectivity index (χ3n) is 1.99. The zero-order valence-corrected chi connectivity index (χ0v) is 10.6. The molecule has 0 saturated carbocycles. The molecule has 90 valence electrons. The van der Waals surface area contributed by atoms with Crippen molar-refractivity contribution >= 4 is 21.6 Å². The van der Waals surface area contributed by atoms with E-state index in [2.05, 4.69) is 11.3 Å². The summed E-state index contributed by atoms with van der Waals surface area (Å²) in [6.45, 7) is 3.74. The van der Waals surface area contributed by atoms with Crippen LogP contribution < -0.4 is 4.72 Å². The summed E-state index contributed by atoms with van der Waals surface area (Å²) in [5.41, 5.74) is 0.249. The first kappa shape index (κ1) is 13.7. The van der Waals surface area contributed by atoms with Gasteiger partial charge in [0.1, 0.15) is 4.90 Å². The number of nitrogens with zero attached hydrogens (tertiary/aromatic N) is 1. The Bertz CT molecular complexity index is 561. The highest BCUT2D eigenvalue weighted by Crippen LogP contribution is 2.22. The van der Waals surface area contributed by atoms with Gasteiger partial charge in [0.05, 0.1) is 16.7 Å². The summed E-state index contributed by atoms with van der Waals surface area (Å²) in [4.78, 5) is -0.0812. The Kier molecular flexibility index (Phi) is 4.70. The van der Waals surface area contributed by atoms with Crippen LogP contribution in [0.1, 0.15) is 12.0 Å². The Morgan fingerprint density at radius 2 is 2.24 bits per heavy atom. The highest BCUT2D eigenvalue weighted by Gasteiger charge is 2.17. The summed E-state index contributed by atoms with van der Waals surface area (Å²) in [6, 6.07) is 5.97. The molecule has 0 unspecified atom stereocenters. The van der Waals surface area contributed by atoms with Crippen molar-refractivity contribution in [3.8, 4) is 6.07 Å². The maximum Gasteiger partial charge on any atom is 0.242 e. The van der Waals surface area contributed by atoms with Crippen LogP contribution in [0.2, 0.25) is 5.02 Å². The van der Waals surface area contributed by atoms with Crippen molar-refractivity contribution in [1.29, 1.82) is 5.26 Å². The summed E-state index contributed by atoms with van der Waals surface area (Å²) in [5, 5.41) is 8.80. The SMILES string of the molecule is C=CCCNS(=O)(=O)c1cc(C#N)ccc1Cl. The molecule has 1 N–H and O–H groups in total. The van der Waals surface area contributed by atoms with Crippen molar-refractivity contribution in [2.45, 2.75) is 11.3 Å². The van der Waals surface area contributed by atoms with E-state index in [9.17, 15) is 8.42 Å². The van der Waals surface area contributed by atoms with E-state index in [0.29, 0.717) is 6.42 Å². The molecule has 0 spiro atoms. The first-order chi connectivity index (χ1) is 8.01. The van der Waals surface area contributed by atoms with Gasteiger partial charge >= 0.3 is 0 Å². The molecule has 1 rings (SSSR count). The van der Waals surface area contributed by atoms with Crippen molar-refractivity contribution in [2.75, 3.05) is 6.54 Å². The molecule has 1 aromatic carbocycles. The van der Waals surface area contributed by atoms with Crippen molar-refractivity contribution < 1.29 is 8.42 Å². The van der Waals surface area contributed by atoms with Gasteiger partial charge in [0.15, 0.2) is 0 Å². The Morgan fingerprint density at radius 1 is 1.53 bits per heavy atom. The minimum atomic E-state index is -3.68. The second kappa shape index (κ2) is 5.82. The molecule has 6 heteroatoms. The molecule has 0 saturated heterocycles. The molecule has 4 nitrogen and oxygen atoms in total. The van der Waals surface area contributed by atoms with E-state index < -0.39 is 10.0 Å². The smallest absolute Gasteiger partial charge is 0.211 e. The Labute approximate surface area is 106 Å². The molecule has 0 aliphatic rings. The van der Waals surface area contributed by atoms with Gasteiger partial charge < -0.3 is 0 Å². The number of rotatable bonds is 5. The molecule has 0 atom stereocenters. The topological polar surface area (TPSA) is 70.0 Å². The number of hydrogen-bond acceptors (Lipinski definition) is 3. The van der Waals surface area contributed by atoms with Crippen molar-refractivity contribution in [2.24, 2.45) is 0 Å². The van der Waals surface area contributed by atoms with Crippen LogP contribution in [0.15, 0.2) is 35.7 Å². The fourth-order valence-corrected chi connectivity index (χ4v) is 2.72. The standard InChI is InChI=1S/C11H11ClN2O2S/c1-2-3-6-14-17(15,16)11-7-9(8-13)4-5-10(11)12/h2,4-5,7,14H,1,3,6H2. The van der Waals surface area contributed by atoms with E-state index in [4.69, 9.17) is 16.9 Å². The summed E-state index contributed by atoms with van der Waals surface area (Å²) in [6.07, 6.45) is 2.13. The van der Waals surface area contributed by atoms with Crippen LogP contribution in [0.25, 0.3) is 0 Å². The zero-order chi connectivity index (χ0) is 12.9. The normalized spacial score (nSPS) is 10.8. The Balaban J connectivity index is 3.06. The van der Waals surface area contributed by atoms with E-state index in [1.54, 1.807) is 6.08 Å². The quantitative estimate of drug-likeness (QED) is 0.658. The molecule has 17 heavy (non-hydrogen) atoms. The molecule has 0 radical (unpaired) electrons. The van der Waals surface area contributed by atoms with Gasteiger partial charge in [-0.15, -0.1) is 6.58 Å². The molecular weight excluding hydrogens is 260 g/mol. The second-order valence-corrected chi connectivity index (χ2v) is 5.37. The predicted octanol–water partition coefficient (Wildman–Crippen LogP) is 2.07. The van der Waals surface area contributed by atoms with E-state index in [-0.39, 0.29) is 22.0 Å². The van der Waals surface area contributed by atoms with Gasteiger partial charge in [-0.05, 0) is 24.6 Å². The Morgan fingerprint density at radius 3 is 2.82 bits per heavy atom. The first-order valence-corrected chi connectivity index (χ1v) is 6.67. The summed E-state index contributed by atoms with van der Waals surface area (Å²) in [7, 11) is -3.68. The summed E-state index contributed by atoms with van der Waals surface area (Å²) >= 11 is 5.80. The van der Waals surface area contributed by atoms with Crippen molar-refractivity contribution in [3.63, 3.8) is 0 Å². The zero-order valence-electron chi connectivity index (χ0n) is 8.98. The van der Waals surface area contributed by atoms with Crippen LogP contribution in [-0.4, -0.2) is 15.0 Å². The van der Waals surface area contributed by atoms with Crippen molar-refractivity contribution in [3.05, 3.63) is 41.4 Å². The lowest BCUT2D eigenvalue weighted by atomic mass is 10.2.